The second-order valence-electron chi connectivity index (χ2n) is 4.54. The minimum atomic E-state index is 0.0625. The zero-order chi connectivity index (χ0) is 12.3. The Hall–Kier alpha value is -1.43. The minimum absolute atomic E-state index is 0.0625. The van der Waals surface area contributed by atoms with E-state index < -0.39 is 0 Å². The molecule has 0 spiro atoms. The molecule has 0 radical (unpaired) electrons. The third kappa shape index (κ3) is 3.03. The molecule has 1 amide bonds. The Morgan fingerprint density at radius 2 is 2.53 bits per heavy atom. The lowest BCUT2D eigenvalue weighted by Gasteiger charge is -2.28. The fourth-order valence-corrected chi connectivity index (χ4v) is 2.16. The maximum Gasteiger partial charge on any atom is 0.225 e. The van der Waals surface area contributed by atoms with Crippen LogP contribution in [-0.4, -0.2) is 33.3 Å². The van der Waals surface area contributed by atoms with E-state index in [-0.39, 0.29) is 17.9 Å². The van der Waals surface area contributed by atoms with Gasteiger partial charge in [-0.25, -0.2) is 4.98 Å². The lowest BCUT2D eigenvalue weighted by atomic mass is 9.91. The Morgan fingerprint density at radius 1 is 1.71 bits per heavy atom. The molecule has 2 unspecified atom stereocenters. The zero-order valence-corrected chi connectivity index (χ0v) is 10.3. The van der Waals surface area contributed by atoms with Crippen molar-refractivity contribution in [2.45, 2.75) is 32.4 Å². The number of hydrogen-bond donors (Lipinski definition) is 2. The molecule has 2 rings (SSSR count). The molecule has 1 aromatic heterocycles. The molecule has 0 aromatic carbocycles. The first kappa shape index (κ1) is 12.0. The fourth-order valence-electron chi connectivity index (χ4n) is 2.16. The van der Waals surface area contributed by atoms with E-state index in [1.54, 1.807) is 11.0 Å². The standard InChI is InChI=1S/C11H19N5O/c1-8-9(4-3-5-12-8)11(17)13-6-10-14-7-16(2)15-10/h7-9,12H,3-6H2,1-2H3,(H,13,17). The minimum Gasteiger partial charge on any atom is -0.348 e. The molecule has 1 saturated heterocycles. The van der Waals surface area contributed by atoms with Crippen LogP contribution in [0, 0.1) is 5.92 Å². The van der Waals surface area contributed by atoms with Crippen molar-refractivity contribution in [3.05, 3.63) is 12.2 Å². The van der Waals surface area contributed by atoms with Crippen LogP contribution < -0.4 is 10.6 Å². The summed E-state index contributed by atoms with van der Waals surface area (Å²) in [7, 11) is 1.81. The van der Waals surface area contributed by atoms with Gasteiger partial charge < -0.3 is 10.6 Å². The van der Waals surface area contributed by atoms with E-state index in [9.17, 15) is 4.79 Å². The molecule has 6 heteroatoms. The monoisotopic (exact) mass is 237 g/mol. The van der Waals surface area contributed by atoms with Gasteiger partial charge in [0, 0.05) is 13.1 Å². The second-order valence-corrected chi connectivity index (χ2v) is 4.54. The molecule has 0 aliphatic carbocycles. The Kier molecular flexibility index (Phi) is 3.73. The highest BCUT2D eigenvalue weighted by Crippen LogP contribution is 2.16. The van der Waals surface area contributed by atoms with Gasteiger partial charge in [0.25, 0.3) is 0 Å². The average Bonchev–Trinajstić information content (AvgIpc) is 2.73. The summed E-state index contributed by atoms with van der Waals surface area (Å²) >= 11 is 0. The molecule has 1 aromatic rings. The lowest BCUT2D eigenvalue weighted by Crippen LogP contribution is -2.46. The summed E-state index contributed by atoms with van der Waals surface area (Å²) in [5, 5.41) is 10.3. The first-order chi connectivity index (χ1) is 8.16. The molecule has 0 saturated carbocycles. The number of carbonyl (C=O) groups is 1. The zero-order valence-electron chi connectivity index (χ0n) is 10.3. The van der Waals surface area contributed by atoms with Crippen LogP contribution in [0.25, 0.3) is 0 Å². The Labute approximate surface area is 101 Å². The van der Waals surface area contributed by atoms with Gasteiger partial charge in [-0.05, 0) is 26.3 Å². The summed E-state index contributed by atoms with van der Waals surface area (Å²) in [6.45, 7) is 3.47. The summed E-state index contributed by atoms with van der Waals surface area (Å²) in [6.07, 6.45) is 3.65. The van der Waals surface area contributed by atoms with Gasteiger partial charge >= 0.3 is 0 Å². The summed E-state index contributed by atoms with van der Waals surface area (Å²) in [5.74, 6) is 0.807. The number of hydrogen-bond acceptors (Lipinski definition) is 4. The SMILES string of the molecule is CC1NCCCC1C(=O)NCc1ncn(C)n1. The number of carbonyl (C=O) groups excluding carboxylic acids is 1. The molecule has 1 fully saturated rings. The van der Waals surface area contributed by atoms with Crippen LogP contribution >= 0.6 is 0 Å². The van der Waals surface area contributed by atoms with Crippen LogP contribution in [0.1, 0.15) is 25.6 Å². The number of piperidine rings is 1. The number of aromatic nitrogens is 3. The van der Waals surface area contributed by atoms with Gasteiger partial charge in [-0.2, -0.15) is 5.10 Å². The van der Waals surface area contributed by atoms with Crippen molar-refractivity contribution in [2.24, 2.45) is 13.0 Å². The lowest BCUT2D eigenvalue weighted by molar-refractivity contribution is -0.126. The van der Waals surface area contributed by atoms with Crippen LogP contribution in [0.5, 0.6) is 0 Å². The van der Waals surface area contributed by atoms with Crippen LogP contribution in [0.4, 0.5) is 0 Å². The van der Waals surface area contributed by atoms with E-state index in [4.69, 9.17) is 0 Å². The molecule has 0 bridgehead atoms. The van der Waals surface area contributed by atoms with Crippen molar-refractivity contribution in [3.63, 3.8) is 0 Å². The van der Waals surface area contributed by atoms with E-state index in [1.165, 1.54) is 0 Å². The smallest absolute Gasteiger partial charge is 0.225 e. The van der Waals surface area contributed by atoms with Gasteiger partial charge in [-0.1, -0.05) is 0 Å². The summed E-state index contributed by atoms with van der Waals surface area (Å²) < 4.78 is 1.63. The van der Waals surface area contributed by atoms with Crippen molar-refractivity contribution in [1.82, 2.24) is 25.4 Å². The fraction of sp³-hybridized carbons (Fsp3) is 0.727. The molecule has 1 aliphatic rings. The first-order valence-corrected chi connectivity index (χ1v) is 6.02. The van der Waals surface area contributed by atoms with Gasteiger partial charge in [0.2, 0.25) is 5.91 Å². The van der Waals surface area contributed by atoms with E-state index in [0.29, 0.717) is 12.4 Å². The number of nitrogens with zero attached hydrogens (tertiary/aromatic N) is 3. The Balaban J connectivity index is 1.84. The van der Waals surface area contributed by atoms with Gasteiger partial charge in [0.1, 0.15) is 6.33 Å². The Bertz CT molecular complexity index is 389. The van der Waals surface area contributed by atoms with Gasteiger partial charge in [-0.15, -0.1) is 0 Å². The normalized spacial score (nSPS) is 24.6. The van der Waals surface area contributed by atoms with E-state index in [2.05, 4.69) is 27.6 Å². The van der Waals surface area contributed by atoms with E-state index in [0.717, 1.165) is 19.4 Å². The van der Waals surface area contributed by atoms with E-state index in [1.807, 2.05) is 7.05 Å². The number of aryl methyl sites for hydroxylation is 1. The Morgan fingerprint density at radius 3 is 3.18 bits per heavy atom. The third-order valence-electron chi connectivity index (χ3n) is 3.17. The summed E-state index contributed by atoms with van der Waals surface area (Å²) in [6, 6.07) is 0.250. The molecule has 2 heterocycles. The van der Waals surface area contributed by atoms with Crippen molar-refractivity contribution in [1.29, 1.82) is 0 Å². The second kappa shape index (κ2) is 5.27. The van der Waals surface area contributed by atoms with Crippen molar-refractivity contribution >= 4 is 5.91 Å². The topological polar surface area (TPSA) is 71.8 Å². The average molecular weight is 237 g/mol. The van der Waals surface area contributed by atoms with Crippen molar-refractivity contribution in [2.75, 3.05) is 6.54 Å². The predicted molar refractivity (Wildman–Crippen MR) is 63.0 cm³/mol. The maximum atomic E-state index is 12.0. The van der Waals surface area contributed by atoms with E-state index >= 15 is 0 Å². The number of amides is 1. The summed E-state index contributed by atoms with van der Waals surface area (Å²) in [4.78, 5) is 16.0. The van der Waals surface area contributed by atoms with Gasteiger partial charge in [0.05, 0.1) is 12.5 Å². The molecule has 1 aliphatic heterocycles. The third-order valence-corrected chi connectivity index (χ3v) is 3.17. The molecule has 2 atom stereocenters. The maximum absolute atomic E-state index is 12.0. The number of rotatable bonds is 3. The molecule has 17 heavy (non-hydrogen) atoms. The predicted octanol–water partition coefficient (Wildman–Crippen LogP) is -0.181. The quantitative estimate of drug-likeness (QED) is 0.765. The molecule has 6 nitrogen and oxygen atoms in total. The van der Waals surface area contributed by atoms with Crippen LogP contribution in [0.3, 0.4) is 0 Å². The van der Waals surface area contributed by atoms with Crippen LogP contribution in [0.2, 0.25) is 0 Å². The molecule has 2 N–H and O–H groups in total. The summed E-state index contributed by atoms with van der Waals surface area (Å²) in [5.41, 5.74) is 0. The van der Waals surface area contributed by atoms with Crippen molar-refractivity contribution in [3.8, 4) is 0 Å². The largest absolute Gasteiger partial charge is 0.348 e. The molecule has 94 valence electrons. The van der Waals surface area contributed by atoms with Crippen molar-refractivity contribution < 1.29 is 4.79 Å². The highest BCUT2D eigenvalue weighted by molar-refractivity contribution is 5.79. The van der Waals surface area contributed by atoms with Crippen LogP contribution in [-0.2, 0) is 18.4 Å². The highest BCUT2D eigenvalue weighted by Gasteiger charge is 2.27. The number of nitrogens with one attached hydrogen (secondary N) is 2. The first-order valence-electron chi connectivity index (χ1n) is 6.02. The van der Waals surface area contributed by atoms with Crippen LogP contribution in [0.15, 0.2) is 6.33 Å². The molecular weight excluding hydrogens is 218 g/mol. The van der Waals surface area contributed by atoms with Gasteiger partial charge in [0.15, 0.2) is 5.82 Å². The van der Waals surface area contributed by atoms with Gasteiger partial charge in [-0.3, -0.25) is 9.48 Å². The highest BCUT2D eigenvalue weighted by atomic mass is 16.1. The molecular formula is C11H19N5O.